The summed E-state index contributed by atoms with van der Waals surface area (Å²) in [6, 6.07) is 10.4. The number of hydrogen-bond acceptors (Lipinski definition) is 5. The van der Waals surface area contributed by atoms with E-state index in [1.807, 2.05) is 12.3 Å². The first kappa shape index (κ1) is 13.2. The fourth-order valence-corrected chi connectivity index (χ4v) is 3.25. The Balaban J connectivity index is 1.61. The molecule has 0 spiro atoms. The Bertz CT molecular complexity index is 625. The lowest BCUT2D eigenvalue weighted by molar-refractivity contribution is -0.264. The first-order chi connectivity index (χ1) is 10.4. The first-order valence-electron chi connectivity index (χ1n) is 7.59. The van der Waals surface area contributed by atoms with Gasteiger partial charge in [0.2, 0.25) is 0 Å². The van der Waals surface area contributed by atoms with Gasteiger partial charge in [0.1, 0.15) is 0 Å². The number of fused-ring (bicyclic) bond motifs is 2. The van der Waals surface area contributed by atoms with Gasteiger partial charge in [0.15, 0.2) is 0 Å². The van der Waals surface area contributed by atoms with Crippen molar-refractivity contribution in [3.63, 3.8) is 0 Å². The monoisotopic (exact) mass is 284 g/mol. The molecule has 1 unspecified atom stereocenters. The van der Waals surface area contributed by atoms with Gasteiger partial charge in [-0.05, 0) is 11.6 Å². The van der Waals surface area contributed by atoms with Gasteiger partial charge in [-0.1, -0.05) is 24.3 Å². The average Bonchev–Trinajstić information content (AvgIpc) is 2.56. The number of benzene rings is 1. The number of piperazine rings is 1. The highest BCUT2D eigenvalue weighted by Crippen LogP contribution is 2.22. The number of nitrogens with one attached hydrogen (secondary N) is 1. The minimum absolute atomic E-state index is 0.325. The second-order valence-electron chi connectivity index (χ2n) is 5.62. The Hall–Kier alpha value is -1.53. The SMILES string of the molecule is c1cnc2c(CN3OCCN4CCNCC43)cccc2c1. The summed E-state index contributed by atoms with van der Waals surface area (Å²) in [4.78, 5) is 13.0. The minimum atomic E-state index is 0.325. The standard InChI is InChI=1S/C16H20N4O/c1-3-13-5-2-6-18-16(13)14(4-1)12-20-15-11-17-7-8-19(15)9-10-21-20/h1-6,15,17H,7-12H2. The van der Waals surface area contributed by atoms with Crippen LogP contribution in [0.1, 0.15) is 5.56 Å². The van der Waals surface area contributed by atoms with Gasteiger partial charge in [0, 0.05) is 37.8 Å². The predicted molar refractivity (Wildman–Crippen MR) is 81.5 cm³/mol. The number of nitrogens with zero attached hydrogens (tertiary/aromatic N) is 3. The molecule has 1 aromatic heterocycles. The van der Waals surface area contributed by atoms with Crippen LogP contribution >= 0.6 is 0 Å². The zero-order chi connectivity index (χ0) is 14.1. The number of para-hydroxylation sites is 1. The van der Waals surface area contributed by atoms with E-state index in [2.05, 4.69) is 44.5 Å². The minimum Gasteiger partial charge on any atom is -0.312 e. The third-order valence-electron chi connectivity index (χ3n) is 4.33. The van der Waals surface area contributed by atoms with Gasteiger partial charge in [0.05, 0.1) is 24.8 Å². The van der Waals surface area contributed by atoms with Crippen molar-refractivity contribution in [2.45, 2.75) is 12.7 Å². The predicted octanol–water partition coefficient (Wildman–Crippen LogP) is 1.21. The van der Waals surface area contributed by atoms with Crippen molar-refractivity contribution in [1.29, 1.82) is 0 Å². The molecule has 0 radical (unpaired) electrons. The molecule has 5 nitrogen and oxygen atoms in total. The molecule has 2 aliphatic heterocycles. The molecule has 0 amide bonds. The second kappa shape index (κ2) is 5.69. The maximum absolute atomic E-state index is 5.92. The molecule has 110 valence electrons. The molecule has 0 saturated carbocycles. The van der Waals surface area contributed by atoms with Crippen LogP contribution in [0.4, 0.5) is 0 Å². The number of aromatic nitrogens is 1. The third-order valence-corrected chi connectivity index (χ3v) is 4.33. The molecule has 1 atom stereocenters. The summed E-state index contributed by atoms with van der Waals surface area (Å²) in [5.41, 5.74) is 2.30. The van der Waals surface area contributed by atoms with Crippen LogP contribution in [0, 0.1) is 0 Å². The van der Waals surface area contributed by atoms with E-state index in [4.69, 9.17) is 4.84 Å². The van der Waals surface area contributed by atoms with Crippen LogP contribution in [0.15, 0.2) is 36.5 Å². The Labute approximate surface area is 124 Å². The highest BCUT2D eigenvalue weighted by molar-refractivity contribution is 5.81. The number of rotatable bonds is 2. The maximum atomic E-state index is 5.92. The molecule has 4 rings (SSSR count). The number of hydroxylamine groups is 2. The van der Waals surface area contributed by atoms with Crippen LogP contribution < -0.4 is 5.32 Å². The summed E-state index contributed by atoms with van der Waals surface area (Å²) in [7, 11) is 0. The molecule has 1 N–H and O–H groups in total. The summed E-state index contributed by atoms with van der Waals surface area (Å²) in [6.07, 6.45) is 2.18. The van der Waals surface area contributed by atoms with Crippen molar-refractivity contribution < 1.29 is 4.84 Å². The molecule has 2 aliphatic rings. The smallest absolute Gasteiger partial charge is 0.0999 e. The van der Waals surface area contributed by atoms with E-state index in [1.165, 1.54) is 10.9 Å². The highest BCUT2D eigenvalue weighted by Gasteiger charge is 2.32. The molecule has 0 bridgehead atoms. The van der Waals surface area contributed by atoms with E-state index in [0.717, 1.165) is 44.8 Å². The van der Waals surface area contributed by atoms with Crippen LogP contribution in [-0.2, 0) is 11.4 Å². The summed E-state index contributed by atoms with van der Waals surface area (Å²) in [6.45, 7) is 5.69. The van der Waals surface area contributed by atoms with Crippen molar-refractivity contribution >= 4 is 10.9 Å². The van der Waals surface area contributed by atoms with Crippen molar-refractivity contribution in [3.8, 4) is 0 Å². The molecule has 3 heterocycles. The second-order valence-corrected chi connectivity index (χ2v) is 5.62. The van der Waals surface area contributed by atoms with E-state index in [0.29, 0.717) is 6.17 Å². The Kier molecular flexibility index (Phi) is 3.57. The third kappa shape index (κ3) is 2.53. The van der Waals surface area contributed by atoms with Crippen LogP contribution in [0.3, 0.4) is 0 Å². The summed E-state index contributed by atoms with van der Waals surface area (Å²) in [5.74, 6) is 0. The van der Waals surface area contributed by atoms with Gasteiger partial charge >= 0.3 is 0 Å². The van der Waals surface area contributed by atoms with E-state index in [1.54, 1.807) is 0 Å². The van der Waals surface area contributed by atoms with Crippen molar-refractivity contribution in [3.05, 3.63) is 42.1 Å². The molecule has 2 saturated heterocycles. The van der Waals surface area contributed by atoms with Crippen LogP contribution in [0.5, 0.6) is 0 Å². The van der Waals surface area contributed by atoms with E-state index in [9.17, 15) is 0 Å². The van der Waals surface area contributed by atoms with Gasteiger partial charge in [-0.2, -0.15) is 5.06 Å². The average molecular weight is 284 g/mol. The van der Waals surface area contributed by atoms with Gasteiger partial charge in [0.25, 0.3) is 0 Å². The van der Waals surface area contributed by atoms with Gasteiger partial charge in [-0.3, -0.25) is 14.7 Å². The Morgan fingerprint density at radius 2 is 2.19 bits per heavy atom. The van der Waals surface area contributed by atoms with Gasteiger partial charge < -0.3 is 5.32 Å². The fraction of sp³-hybridized carbons (Fsp3) is 0.438. The fourth-order valence-electron chi connectivity index (χ4n) is 3.25. The Morgan fingerprint density at radius 1 is 1.24 bits per heavy atom. The van der Waals surface area contributed by atoms with Gasteiger partial charge in [-0.25, -0.2) is 0 Å². The highest BCUT2D eigenvalue weighted by atomic mass is 16.7. The number of pyridine rings is 1. The van der Waals surface area contributed by atoms with E-state index >= 15 is 0 Å². The van der Waals surface area contributed by atoms with Crippen molar-refractivity contribution in [1.82, 2.24) is 20.3 Å². The normalized spacial score (nSPS) is 24.1. The van der Waals surface area contributed by atoms with Gasteiger partial charge in [-0.15, -0.1) is 0 Å². The van der Waals surface area contributed by atoms with E-state index < -0.39 is 0 Å². The quantitative estimate of drug-likeness (QED) is 0.898. The Morgan fingerprint density at radius 3 is 3.19 bits per heavy atom. The van der Waals surface area contributed by atoms with Crippen LogP contribution in [0.2, 0.25) is 0 Å². The molecule has 2 fully saturated rings. The lowest BCUT2D eigenvalue weighted by Crippen LogP contribution is -2.62. The molecular formula is C16H20N4O. The maximum Gasteiger partial charge on any atom is 0.0999 e. The zero-order valence-electron chi connectivity index (χ0n) is 12.0. The van der Waals surface area contributed by atoms with Crippen LogP contribution in [-0.4, -0.2) is 53.9 Å². The molecule has 21 heavy (non-hydrogen) atoms. The molecule has 1 aromatic carbocycles. The lowest BCUT2D eigenvalue weighted by Gasteiger charge is -2.45. The summed E-state index contributed by atoms with van der Waals surface area (Å²) < 4.78 is 0. The molecular weight excluding hydrogens is 264 g/mol. The van der Waals surface area contributed by atoms with E-state index in [-0.39, 0.29) is 0 Å². The summed E-state index contributed by atoms with van der Waals surface area (Å²) in [5, 5.41) is 6.75. The zero-order valence-corrected chi connectivity index (χ0v) is 12.0. The van der Waals surface area contributed by atoms with Crippen molar-refractivity contribution in [2.24, 2.45) is 0 Å². The van der Waals surface area contributed by atoms with Crippen LogP contribution in [0.25, 0.3) is 10.9 Å². The lowest BCUT2D eigenvalue weighted by atomic mass is 10.1. The largest absolute Gasteiger partial charge is 0.312 e. The molecule has 0 aliphatic carbocycles. The van der Waals surface area contributed by atoms with Crippen molar-refractivity contribution in [2.75, 3.05) is 32.8 Å². The molecule has 2 aromatic rings. The summed E-state index contributed by atoms with van der Waals surface area (Å²) >= 11 is 0. The topological polar surface area (TPSA) is 40.6 Å². The molecule has 5 heteroatoms. The first-order valence-corrected chi connectivity index (χ1v) is 7.59. The number of hydrogen-bond donors (Lipinski definition) is 1.